The second kappa shape index (κ2) is 8.61. The Kier molecular flexibility index (Phi) is 5.77. The fourth-order valence-corrected chi connectivity index (χ4v) is 4.88. The largest absolute Gasteiger partial charge is 0.494 e. The van der Waals surface area contributed by atoms with Gasteiger partial charge in [-0.1, -0.05) is 48.5 Å². The summed E-state index contributed by atoms with van der Waals surface area (Å²) in [4.78, 5) is 16.7. The molecule has 1 aliphatic rings. The third kappa shape index (κ3) is 3.83. The van der Waals surface area contributed by atoms with Gasteiger partial charge in [0.25, 0.3) is 0 Å². The lowest BCUT2D eigenvalue weighted by Crippen LogP contribution is -2.40. The highest BCUT2D eigenvalue weighted by atomic mass is 32.1. The Morgan fingerprint density at radius 2 is 1.89 bits per heavy atom. The van der Waals surface area contributed by atoms with E-state index in [0.717, 1.165) is 24.3 Å². The van der Waals surface area contributed by atoms with Crippen LogP contribution in [-0.4, -0.2) is 24.0 Å². The van der Waals surface area contributed by atoms with Crippen LogP contribution in [0.15, 0.2) is 66.0 Å². The summed E-state index contributed by atoms with van der Waals surface area (Å²) in [5.41, 5.74) is 3.57. The number of carbonyl (C=O) groups is 1. The van der Waals surface area contributed by atoms with Crippen molar-refractivity contribution in [3.8, 4) is 5.75 Å². The van der Waals surface area contributed by atoms with E-state index in [2.05, 4.69) is 46.7 Å². The van der Waals surface area contributed by atoms with Crippen LogP contribution in [0.3, 0.4) is 0 Å². The van der Waals surface area contributed by atoms with E-state index >= 15 is 0 Å². The van der Waals surface area contributed by atoms with Gasteiger partial charge in [0.15, 0.2) is 0 Å². The van der Waals surface area contributed by atoms with Crippen molar-refractivity contribution in [1.29, 1.82) is 0 Å². The molecule has 1 unspecified atom stereocenters. The molecule has 2 aromatic carbocycles. The minimum absolute atomic E-state index is 0.0193. The first-order chi connectivity index (χ1) is 13.8. The summed E-state index contributed by atoms with van der Waals surface area (Å²) in [5.74, 6) is 1.09. The highest BCUT2D eigenvalue weighted by Crippen LogP contribution is 2.38. The summed E-state index contributed by atoms with van der Waals surface area (Å²) in [5, 5.41) is 2.15. The molecule has 0 N–H and O–H groups in total. The van der Waals surface area contributed by atoms with Gasteiger partial charge < -0.3 is 9.64 Å². The molecule has 4 rings (SSSR count). The number of hydrogen-bond donors (Lipinski definition) is 0. The van der Waals surface area contributed by atoms with Crippen molar-refractivity contribution in [1.82, 2.24) is 4.90 Å². The van der Waals surface area contributed by atoms with Crippen molar-refractivity contribution in [3.63, 3.8) is 0 Å². The molecule has 2 heterocycles. The van der Waals surface area contributed by atoms with E-state index in [1.807, 2.05) is 31.2 Å². The van der Waals surface area contributed by atoms with Gasteiger partial charge in [0.1, 0.15) is 5.75 Å². The second-order valence-electron chi connectivity index (χ2n) is 6.99. The van der Waals surface area contributed by atoms with Gasteiger partial charge in [0.05, 0.1) is 12.6 Å². The summed E-state index contributed by atoms with van der Waals surface area (Å²) in [6.45, 7) is 3.39. The molecule has 0 spiro atoms. The molecular weight excluding hydrogens is 366 g/mol. The van der Waals surface area contributed by atoms with Crippen LogP contribution in [0.2, 0.25) is 0 Å². The van der Waals surface area contributed by atoms with Crippen molar-refractivity contribution >= 4 is 17.2 Å². The number of aryl methyl sites for hydroxylation is 1. The average Bonchev–Trinajstić information content (AvgIpc) is 3.22. The van der Waals surface area contributed by atoms with Crippen LogP contribution in [0.1, 0.15) is 41.0 Å². The van der Waals surface area contributed by atoms with E-state index in [4.69, 9.17) is 4.74 Å². The number of amides is 1. The van der Waals surface area contributed by atoms with Crippen LogP contribution >= 0.6 is 11.3 Å². The van der Waals surface area contributed by atoms with E-state index in [-0.39, 0.29) is 11.9 Å². The molecule has 144 valence electrons. The van der Waals surface area contributed by atoms with Crippen LogP contribution in [-0.2, 0) is 17.6 Å². The summed E-state index contributed by atoms with van der Waals surface area (Å²) < 4.78 is 5.72. The molecule has 1 amide bonds. The lowest BCUT2D eigenvalue weighted by molar-refractivity contribution is -0.133. The van der Waals surface area contributed by atoms with Gasteiger partial charge in [-0.15, -0.1) is 11.3 Å². The molecule has 0 fully saturated rings. The Labute approximate surface area is 170 Å². The molecule has 0 aliphatic carbocycles. The number of benzene rings is 2. The van der Waals surface area contributed by atoms with Crippen molar-refractivity contribution in [2.75, 3.05) is 13.2 Å². The summed E-state index contributed by atoms with van der Waals surface area (Å²) in [6, 6.07) is 20.6. The zero-order valence-electron chi connectivity index (χ0n) is 16.1. The molecule has 0 bridgehead atoms. The number of thiophene rings is 1. The van der Waals surface area contributed by atoms with Gasteiger partial charge in [0, 0.05) is 17.8 Å². The fraction of sp³-hybridized carbons (Fsp3) is 0.292. The van der Waals surface area contributed by atoms with E-state index < -0.39 is 0 Å². The maximum absolute atomic E-state index is 13.2. The number of nitrogens with zero attached hydrogens (tertiary/aromatic N) is 1. The van der Waals surface area contributed by atoms with Gasteiger partial charge in [0.2, 0.25) is 5.91 Å². The quantitative estimate of drug-likeness (QED) is 0.574. The van der Waals surface area contributed by atoms with Crippen LogP contribution in [0, 0.1) is 0 Å². The molecule has 1 atom stereocenters. The van der Waals surface area contributed by atoms with Gasteiger partial charge >= 0.3 is 0 Å². The number of rotatable bonds is 6. The number of hydrogen-bond acceptors (Lipinski definition) is 3. The Bertz CT molecular complexity index is 935. The van der Waals surface area contributed by atoms with Gasteiger partial charge in [-0.2, -0.15) is 0 Å². The molecule has 0 radical (unpaired) electrons. The lowest BCUT2D eigenvalue weighted by Gasteiger charge is -2.36. The van der Waals surface area contributed by atoms with E-state index in [1.54, 1.807) is 11.3 Å². The molecule has 3 aromatic rings. The topological polar surface area (TPSA) is 29.5 Å². The van der Waals surface area contributed by atoms with Crippen molar-refractivity contribution in [2.24, 2.45) is 0 Å². The summed E-state index contributed by atoms with van der Waals surface area (Å²) in [7, 11) is 0. The Morgan fingerprint density at radius 1 is 1.11 bits per heavy atom. The minimum Gasteiger partial charge on any atom is -0.494 e. The molecule has 1 aromatic heterocycles. The number of fused-ring (bicyclic) bond motifs is 1. The fourth-order valence-electron chi connectivity index (χ4n) is 3.97. The monoisotopic (exact) mass is 391 g/mol. The molecule has 28 heavy (non-hydrogen) atoms. The minimum atomic E-state index is 0.0193. The third-order valence-corrected chi connectivity index (χ3v) is 6.28. The number of para-hydroxylation sites is 1. The van der Waals surface area contributed by atoms with E-state index in [9.17, 15) is 4.79 Å². The first-order valence-corrected chi connectivity index (χ1v) is 10.8. The SMILES string of the molecule is CCOc1ccccc1CCC(=O)N1CCc2sccc2C1c1ccccc1. The Hall–Kier alpha value is -2.59. The molecule has 1 aliphatic heterocycles. The van der Waals surface area contributed by atoms with Gasteiger partial charge in [-0.25, -0.2) is 0 Å². The second-order valence-corrected chi connectivity index (χ2v) is 7.99. The average molecular weight is 392 g/mol. The van der Waals surface area contributed by atoms with Crippen molar-refractivity contribution < 1.29 is 9.53 Å². The highest BCUT2D eigenvalue weighted by Gasteiger charge is 2.32. The highest BCUT2D eigenvalue weighted by molar-refractivity contribution is 7.10. The lowest BCUT2D eigenvalue weighted by atomic mass is 9.92. The normalized spacial score (nSPS) is 15.9. The van der Waals surface area contributed by atoms with Crippen LogP contribution in [0.25, 0.3) is 0 Å². The number of carbonyl (C=O) groups excluding carboxylic acids is 1. The molecule has 0 saturated heterocycles. The Balaban J connectivity index is 1.55. The molecular formula is C24H25NO2S. The molecule has 4 heteroatoms. The van der Waals surface area contributed by atoms with Crippen LogP contribution < -0.4 is 4.74 Å². The number of ether oxygens (including phenoxy) is 1. The maximum atomic E-state index is 13.2. The zero-order valence-corrected chi connectivity index (χ0v) is 17.0. The van der Waals surface area contributed by atoms with Gasteiger partial charge in [-0.05, 0) is 54.0 Å². The molecule has 3 nitrogen and oxygen atoms in total. The Morgan fingerprint density at radius 3 is 2.71 bits per heavy atom. The summed E-state index contributed by atoms with van der Waals surface area (Å²) >= 11 is 1.80. The predicted octanol–water partition coefficient (Wildman–Crippen LogP) is 5.25. The first-order valence-electron chi connectivity index (χ1n) is 9.89. The standard InChI is InChI=1S/C24H25NO2S/c1-2-27-21-11-7-6-8-18(21)12-13-23(26)25-16-14-22-20(15-17-28-22)24(25)19-9-4-3-5-10-19/h3-11,15,17,24H,2,12-14,16H2,1H3. The van der Waals surface area contributed by atoms with Crippen LogP contribution in [0.4, 0.5) is 0 Å². The van der Waals surface area contributed by atoms with E-state index in [0.29, 0.717) is 19.4 Å². The maximum Gasteiger partial charge on any atom is 0.223 e. The third-order valence-electron chi connectivity index (χ3n) is 5.28. The smallest absolute Gasteiger partial charge is 0.223 e. The van der Waals surface area contributed by atoms with Crippen molar-refractivity contribution in [2.45, 2.75) is 32.2 Å². The van der Waals surface area contributed by atoms with Crippen LogP contribution in [0.5, 0.6) is 5.75 Å². The molecule has 0 saturated carbocycles. The van der Waals surface area contributed by atoms with Crippen molar-refractivity contribution in [3.05, 3.63) is 87.6 Å². The summed E-state index contributed by atoms with van der Waals surface area (Å²) in [6.07, 6.45) is 2.13. The zero-order chi connectivity index (χ0) is 19.3. The predicted molar refractivity (Wildman–Crippen MR) is 114 cm³/mol. The first kappa shape index (κ1) is 18.8. The van der Waals surface area contributed by atoms with Gasteiger partial charge in [-0.3, -0.25) is 4.79 Å². The van der Waals surface area contributed by atoms with E-state index in [1.165, 1.54) is 16.0 Å².